The van der Waals surface area contributed by atoms with Crippen molar-refractivity contribution in [2.75, 3.05) is 25.9 Å². The molecule has 156 valence electrons. The van der Waals surface area contributed by atoms with Gasteiger partial charge >= 0.3 is 0 Å². The molecule has 9 heteroatoms. The van der Waals surface area contributed by atoms with E-state index in [0.717, 1.165) is 30.1 Å². The molecule has 1 aliphatic heterocycles. The molecule has 1 aliphatic rings. The highest BCUT2D eigenvalue weighted by molar-refractivity contribution is 7.09. The number of rotatable bonds is 4. The molecule has 0 bridgehead atoms. The maximum atomic E-state index is 13.1. The van der Waals surface area contributed by atoms with Gasteiger partial charge in [-0.25, -0.2) is 4.98 Å². The van der Waals surface area contributed by atoms with Crippen molar-refractivity contribution in [3.63, 3.8) is 0 Å². The molecule has 28 heavy (non-hydrogen) atoms. The summed E-state index contributed by atoms with van der Waals surface area (Å²) in [6.07, 6.45) is 2.01. The fourth-order valence-corrected chi connectivity index (χ4v) is 4.47. The molecule has 1 fully saturated rings. The molecular weight excluding hydrogens is 441 g/mol. The molecule has 1 amide bonds. The van der Waals surface area contributed by atoms with Crippen molar-refractivity contribution in [1.82, 2.24) is 9.88 Å². The molecule has 1 aromatic heterocycles. The van der Waals surface area contributed by atoms with Crippen LogP contribution in [0.15, 0.2) is 17.5 Å². The number of likely N-dealkylation sites (tertiary alicyclic amines) is 1. The minimum absolute atomic E-state index is 0. The second-order valence-corrected chi connectivity index (χ2v) is 8.23. The van der Waals surface area contributed by atoms with Crippen molar-refractivity contribution in [3.05, 3.63) is 38.8 Å². The molecule has 5 nitrogen and oxygen atoms in total. The summed E-state index contributed by atoms with van der Waals surface area (Å²) < 4.78 is 5.34. The number of piperidine rings is 1. The molecule has 2 N–H and O–H groups in total. The molecule has 1 unspecified atom stereocenters. The summed E-state index contributed by atoms with van der Waals surface area (Å²) >= 11 is 7.82. The zero-order valence-corrected chi connectivity index (χ0v) is 19.3. The van der Waals surface area contributed by atoms with Gasteiger partial charge in [0.1, 0.15) is 5.75 Å². The van der Waals surface area contributed by atoms with Gasteiger partial charge < -0.3 is 15.4 Å². The van der Waals surface area contributed by atoms with Gasteiger partial charge in [0.05, 0.1) is 34.1 Å². The van der Waals surface area contributed by atoms with Crippen LogP contribution >= 0.6 is 47.8 Å². The van der Waals surface area contributed by atoms with E-state index < -0.39 is 0 Å². The lowest BCUT2D eigenvalue weighted by atomic mass is 9.97. The SMILES string of the molecule is COc1cc(N)c(Cl)cc1C(=O)N1CCCC(c2nc(C(C)C)cs2)C1.Cl.Cl. The summed E-state index contributed by atoms with van der Waals surface area (Å²) in [4.78, 5) is 19.7. The van der Waals surface area contributed by atoms with E-state index in [1.165, 1.54) is 7.11 Å². The zero-order valence-electron chi connectivity index (χ0n) is 16.1. The van der Waals surface area contributed by atoms with Gasteiger partial charge in [-0.3, -0.25) is 4.79 Å². The third-order valence-corrected chi connectivity index (χ3v) is 6.09. The van der Waals surface area contributed by atoms with E-state index in [1.807, 2.05) is 4.90 Å². The molecule has 1 saturated heterocycles. The Kier molecular flexibility index (Phi) is 9.34. The highest BCUT2D eigenvalue weighted by Gasteiger charge is 2.29. The molecule has 0 aliphatic carbocycles. The lowest BCUT2D eigenvalue weighted by Crippen LogP contribution is -2.39. The number of methoxy groups -OCH3 is 1. The third-order valence-electron chi connectivity index (χ3n) is 4.74. The number of hydrogen-bond acceptors (Lipinski definition) is 5. The van der Waals surface area contributed by atoms with Crippen LogP contribution in [0.4, 0.5) is 5.69 Å². The van der Waals surface area contributed by atoms with E-state index in [1.54, 1.807) is 23.5 Å². The Morgan fingerprint density at radius 3 is 2.71 bits per heavy atom. The second-order valence-electron chi connectivity index (χ2n) is 6.93. The number of ether oxygens (including phenoxy) is 1. The van der Waals surface area contributed by atoms with Crippen molar-refractivity contribution in [2.24, 2.45) is 0 Å². The van der Waals surface area contributed by atoms with Crippen LogP contribution in [0.25, 0.3) is 0 Å². The number of amides is 1. The summed E-state index contributed by atoms with van der Waals surface area (Å²) in [6, 6.07) is 3.20. The number of anilines is 1. The molecule has 2 aromatic rings. The maximum Gasteiger partial charge on any atom is 0.257 e. The number of nitrogens with two attached hydrogens (primary N) is 1. The molecular formula is C19H26Cl3N3O2S. The van der Waals surface area contributed by atoms with Crippen LogP contribution in [0.3, 0.4) is 0 Å². The summed E-state index contributed by atoms with van der Waals surface area (Å²) in [6.45, 7) is 5.68. The fourth-order valence-electron chi connectivity index (χ4n) is 3.19. The van der Waals surface area contributed by atoms with Gasteiger partial charge in [-0.1, -0.05) is 25.4 Å². The van der Waals surface area contributed by atoms with E-state index in [0.29, 0.717) is 34.5 Å². The lowest BCUT2D eigenvalue weighted by Gasteiger charge is -2.32. The van der Waals surface area contributed by atoms with E-state index in [4.69, 9.17) is 27.1 Å². The van der Waals surface area contributed by atoms with E-state index in [2.05, 4.69) is 19.2 Å². The molecule has 3 rings (SSSR count). The minimum atomic E-state index is -0.0749. The molecule has 1 aromatic carbocycles. The second kappa shape index (κ2) is 10.5. The Bertz CT molecular complexity index is 814. The van der Waals surface area contributed by atoms with E-state index in [-0.39, 0.29) is 36.6 Å². The number of halogens is 3. The molecule has 2 heterocycles. The van der Waals surface area contributed by atoms with Crippen LogP contribution in [0.1, 0.15) is 59.6 Å². The summed E-state index contributed by atoms with van der Waals surface area (Å²) in [7, 11) is 1.53. The predicted molar refractivity (Wildman–Crippen MR) is 121 cm³/mol. The van der Waals surface area contributed by atoms with Gasteiger partial charge in [-0.2, -0.15) is 0 Å². The van der Waals surface area contributed by atoms with Crippen LogP contribution < -0.4 is 10.5 Å². The number of carbonyl (C=O) groups is 1. The van der Waals surface area contributed by atoms with Gasteiger partial charge in [-0.05, 0) is 24.8 Å². The summed E-state index contributed by atoms with van der Waals surface area (Å²) in [5.74, 6) is 1.08. The van der Waals surface area contributed by atoms with E-state index >= 15 is 0 Å². The number of benzene rings is 1. The first-order valence-electron chi connectivity index (χ1n) is 8.78. The average molecular weight is 467 g/mol. The average Bonchev–Trinajstić information content (AvgIpc) is 3.13. The van der Waals surface area contributed by atoms with Crippen LogP contribution in [-0.2, 0) is 0 Å². The Balaban J connectivity index is 0.00000196. The number of aromatic nitrogens is 1. The van der Waals surface area contributed by atoms with Gasteiger partial charge in [0.2, 0.25) is 0 Å². The first-order chi connectivity index (χ1) is 12.4. The van der Waals surface area contributed by atoms with E-state index in [9.17, 15) is 4.79 Å². The Hall–Kier alpha value is -1.21. The quantitative estimate of drug-likeness (QED) is 0.615. The highest BCUT2D eigenvalue weighted by atomic mass is 35.5. The van der Waals surface area contributed by atoms with Gasteiger partial charge in [0, 0.05) is 30.5 Å². The normalized spacial score (nSPS) is 16.3. The van der Waals surface area contributed by atoms with Crippen molar-refractivity contribution < 1.29 is 9.53 Å². The van der Waals surface area contributed by atoms with Crippen molar-refractivity contribution in [1.29, 1.82) is 0 Å². The third kappa shape index (κ3) is 5.23. The Labute approximate surface area is 187 Å². The molecule has 0 saturated carbocycles. The first kappa shape index (κ1) is 24.8. The Morgan fingerprint density at radius 2 is 2.11 bits per heavy atom. The van der Waals surface area contributed by atoms with Gasteiger partial charge in [0.15, 0.2) is 0 Å². The van der Waals surface area contributed by atoms with Crippen LogP contribution in [-0.4, -0.2) is 36.0 Å². The van der Waals surface area contributed by atoms with Crippen molar-refractivity contribution >= 4 is 59.3 Å². The van der Waals surface area contributed by atoms with Crippen molar-refractivity contribution in [3.8, 4) is 5.75 Å². The lowest BCUT2D eigenvalue weighted by molar-refractivity contribution is 0.0703. The number of nitrogen functional groups attached to an aromatic ring is 1. The fraction of sp³-hybridized carbons (Fsp3) is 0.474. The molecule has 0 spiro atoms. The topological polar surface area (TPSA) is 68.5 Å². The molecule has 0 radical (unpaired) electrons. The van der Waals surface area contributed by atoms with Crippen LogP contribution in [0.2, 0.25) is 5.02 Å². The summed E-state index contributed by atoms with van der Waals surface area (Å²) in [5.41, 5.74) is 7.81. The Morgan fingerprint density at radius 1 is 1.39 bits per heavy atom. The zero-order chi connectivity index (χ0) is 18.8. The number of thiazole rings is 1. The standard InChI is InChI=1S/C19H24ClN3O2S.2ClH/c1-11(2)16-10-26-18(22-16)12-5-4-6-23(9-12)19(24)13-7-14(20)15(21)8-17(13)25-3;;/h7-8,10-12H,4-6,9,21H2,1-3H3;2*1H. The highest BCUT2D eigenvalue weighted by Crippen LogP contribution is 2.34. The smallest absolute Gasteiger partial charge is 0.257 e. The largest absolute Gasteiger partial charge is 0.496 e. The van der Waals surface area contributed by atoms with Crippen molar-refractivity contribution in [2.45, 2.75) is 38.5 Å². The minimum Gasteiger partial charge on any atom is -0.496 e. The van der Waals surface area contributed by atoms with Gasteiger partial charge in [-0.15, -0.1) is 36.2 Å². The first-order valence-corrected chi connectivity index (χ1v) is 10.0. The van der Waals surface area contributed by atoms with Crippen LogP contribution in [0, 0.1) is 0 Å². The summed E-state index contributed by atoms with van der Waals surface area (Å²) in [5, 5.41) is 3.61. The monoisotopic (exact) mass is 465 g/mol. The number of hydrogen-bond donors (Lipinski definition) is 1. The van der Waals surface area contributed by atoms with Gasteiger partial charge in [0.25, 0.3) is 5.91 Å². The number of nitrogens with zero attached hydrogens (tertiary/aromatic N) is 2. The molecule has 1 atom stereocenters. The number of carbonyl (C=O) groups excluding carboxylic acids is 1. The predicted octanol–water partition coefficient (Wildman–Crippen LogP) is 5.37. The van der Waals surface area contributed by atoms with Crippen LogP contribution in [0.5, 0.6) is 5.75 Å². The maximum absolute atomic E-state index is 13.1.